The highest BCUT2D eigenvalue weighted by Gasteiger charge is 2.18. The number of anilines is 1. The van der Waals surface area contributed by atoms with Gasteiger partial charge in [-0.25, -0.2) is 4.98 Å². The zero-order chi connectivity index (χ0) is 19.1. The minimum absolute atomic E-state index is 0.284. The topological polar surface area (TPSA) is 55.1 Å². The molecule has 0 fully saturated rings. The fraction of sp³-hybridized carbons (Fsp3) is 0.0435. The lowest BCUT2D eigenvalue weighted by Gasteiger charge is -2.01. The summed E-state index contributed by atoms with van der Waals surface area (Å²) < 4.78 is 5.74. The quantitative estimate of drug-likeness (QED) is 0.399. The van der Waals surface area contributed by atoms with Crippen LogP contribution >= 0.6 is 11.3 Å². The highest BCUT2D eigenvalue weighted by molar-refractivity contribution is 7.14. The van der Waals surface area contributed by atoms with Crippen LogP contribution in [0.3, 0.4) is 0 Å². The van der Waals surface area contributed by atoms with E-state index < -0.39 is 0 Å². The third-order valence-corrected chi connectivity index (χ3v) is 5.58. The van der Waals surface area contributed by atoms with Crippen LogP contribution in [0.15, 0.2) is 76.5 Å². The van der Waals surface area contributed by atoms with Crippen LogP contribution in [0.1, 0.15) is 16.1 Å². The van der Waals surface area contributed by atoms with Crippen LogP contribution in [0.25, 0.3) is 33.0 Å². The molecule has 1 N–H and O–H groups in total. The van der Waals surface area contributed by atoms with Crippen molar-refractivity contribution < 1.29 is 9.21 Å². The third-order valence-electron chi connectivity index (χ3n) is 4.82. The van der Waals surface area contributed by atoms with E-state index in [2.05, 4.69) is 34.6 Å². The van der Waals surface area contributed by atoms with Crippen LogP contribution in [0, 0.1) is 6.92 Å². The molecule has 5 aromatic rings. The van der Waals surface area contributed by atoms with Crippen molar-refractivity contribution in [2.45, 2.75) is 6.92 Å². The molecule has 3 aromatic carbocycles. The van der Waals surface area contributed by atoms with Crippen molar-refractivity contribution in [1.29, 1.82) is 0 Å². The summed E-state index contributed by atoms with van der Waals surface area (Å²) in [4.78, 5) is 17.3. The van der Waals surface area contributed by atoms with Gasteiger partial charge in [0.2, 0.25) is 0 Å². The number of fused-ring (bicyclic) bond motifs is 2. The van der Waals surface area contributed by atoms with Gasteiger partial charge in [-0.05, 0) is 29.8 Å². The summed E-state index contributed by atoms with van der Waals surface area (Å²) in [6.45, 7) is 1.89. The van der Waals surface area contributed by atoms with E-state index in [0.29, 0.717) is 16.5 Å². The average molecular weight is 384 g/mol. The Hall–Kier alpha value is -3.44. The van der Waals surface area contributed by atoms with E-state index in [1.54, 1.807) is 0 Å². The van der Waals surface area contributed by atoms with E-state index in [1.165, 1.54) is 16.7 Å². The van der Waals surface area contributed by atoms with E-state index in [1.807, 2.05) is 54.8 Å². The number of furan rings is 1. The van der Waals surface area contributed by atoms with Gasteiger partial charge in [0.05, 0.1) is 5.69 Å². The molecule has 0 spiro atoms. The predicted octanol–water partition coefficient (Wildman–Crippen LogP) is 6.27. The van der Waals surface area contributed by atoms with Gasteiger partial charge in [0.25, 0.3) is 5.91 Å². The maximum atomic E-state index is 12.7. The molecule has 0 aliphatic rings. The molecule has 2 heterocycles. The van der Waals surface area contributed by atoms with Gasteiger partial charge in [-0.2, -0.15) is 0 Å². The molecule has 1 amide bonds. The molecule has 0 bridgehead atoms. The van der Waals surface area contributed by atoms with Gasteiger partial charge in [-0.1, -0.05) is 54.6 Å². The summed E-state index contributed by atoms with van der Waals surface area (Å²) in [5.74, 6) is 0.0387. The Kier molecular flexibility index (Phi) is 3.95. The van der Waals surface area contributed by atoms with Gasteiger partial charge in [0.1, 0.15) is 5.58 Å². The predicted molar refractivity (Wildman–Crippen MR) is 114 cm³/mol. The highest BCUT2D eigenvalue weighted by atomic mass is 32.1. The van der Waals surface area contributed by atoms with Crippen LogP contribution < -0.4 is 5.32 Å². The molecule has 0 atom stereocenters. The highest BCUT2D eigenvalue weighted by Crippen LogP contribution is 2.29. The second-order valence-corrected chi connectivity index (χ2v) is 7.46. The summed E-state index contributed by atoms with van der Waals surface area (Å²) >= 11 is 1.40. The number of aryl methyl sites for hydroxylation is 1. The van der Waals surface area contributed by atoms with Gasteiger partial charge >= 0.3 is 0 Å². The molecule has 28 heavy (non-hydrogen) atoms. The van der Waals surface area contributed by atoms with E-state index in [-0.39, 0.29) is 5.91 Å². The third kappa shape index (κ3) is 2.86. The first-order chi connectivity index (χ1) is 13.7. The van der Waals surface area contributed by atoms with Gasteiger partial charge in [-0.15, -0.1) is 11.3 Å². The van der Waals surface area contributed by atoms with E-state index in [0.717, 1.165) is 27.6 Å². The normalized spacial score (nSPS) is 11.2. The number of nitrogens with zero attached hydrogens (tertiary/aromatic N) is 1. The molecule has 0 unspecified atom stereocenters. The number of thiazole rings is 1. The summed E-state index contributed by atoms with van der Waals surface area (Å²) in [6.07, 6.45) is 0. The minimum Gasteiger partial charge on any atom is -0.451 e. The molecular formula is C23H16N2O2S. The van der Waals surface area contributed by atoms with Gasteiger partial charge in [0, 0.05) is 21.9 Å². The van der Waals surface area contributed by atoms with E-state index >= 15 is 0 Å². The standard InChI is InChI=1S/C23H16N2O2S/c1-14-18-8-4-5-9-20(18)27-21(14)22(26)25-23-24-19(13-28-23)17-11-10-15-6-2-3-7-16(15)12-17/h2-13H,1H3,(H,24,25,26). The minimum atomic E-state index is -0.284. The second-order valence-electron chi connectivity index (χ2n) is 6.61. The summed E-state index contributed by atoms with van der Waals surface area (Å²) in [7, 11) is 0. The smallest absolute Gasteiger partial charge is 0.293 e. The first kappa shape index (κ1) is 16.7. The van der Waals surface area contributed by atoms with E-state index in [4.69, 9.17) is 4.42 Å². The number of aromatic nitrogens is 1. The fourth-order valence-electron chi connectivity index (χ4n) is 3.36. The number of nitrogens with one attached hydrogen (secondary N) is 1. The number of amides is 1. The largest absolute Gasteiger partial charge is 0.451 e. The lowest BCUT2D eigenvalue weighted by Crippen LogP contribution is -2.11. The number of hydrogen-bond donors (Lipinski definition) is 1. The van der Waals surface area contributed by atoms with Crippen LogP contribution in [0.5, 0.6) is 0 Å². The number of rotatable bonds is 3. The van der Waals surface area contributed by atoms with Crippen LogP contribution in [-0.2, 0) is 0 Å². The second kappa shape index (κ2) is 6.62. The summed E-state index contributed by atoms with van der Waals surface area (Å²) in [6, 6.07) is 22.1. The van der Waals surface area contributed by atoms with Crippen LogP contribution in [0.2, 0.25) is 0 Å². The molecule has 0 aliphatic heterocycles. The van der Waals surface area contributed by atoms with E-state index in [9.17, 15) is 4.79 Å². The zero-order valence-electron chi connectivity index (χ0n) is 15.1. The van der Waals surface area contributed by atoms with Crippen molar-refractivity contribution in [3.8, 4) is 11.3 Å². The number of carbonyl (C=O) groups excluding carboxylic acids is 1. The Bertz CT molecular complexity index is 1330. The Balaban J connectivity index is 1.42. The first-order valence-electron chi connectivity index (χ1n) is 8.93. The SMILES string of the molecule is Cc1c(C(=O)Nc2nc(-c3ccc4ccccc4c3)cs2)oc2ccccc12. The molecule has 4 nitrogen and oxygen atoms in total. The molecule has 0 saturated carbocycles. The number of para-hydroxylation sites is 1. The molecule has 0 aliphatic carbocycles. The maximum absolute atomic E-state index is 12.7. The monoisotopic (exact) mass is 384 g/mol. The van der Waals surface area contributed by atoms with Crippen molar-refractivity contribution in [2.75, 3.05) is 5.32 Å². The van der Waals surface area contributed by atoms with Crippen molar-refractivity contribution in [3.05, 3.63) is 83.4 Å². The lowest BCUT2D eigenvalue weighted by atomic mass is 10.1. The van der Waals surface area contributed by atoms with Crippen molar-refractivity contribution in [3.63, 3.8) is 0 Å². The maximum Gasteiger partial charge on any atom is 0.293 e. The van der Waals surface area contributed by atoms with Crippen LogP contribution in [-0.4, -0.2) is 10.9 Å². The Labute approximate surface area is 165 Å². The number of carbonyl (C=O) groups is 1. The zero-order valence-corrected chi connectivity index (χ0v) is 15.9. The van der Waals surface area contributed by atoms with Crippen molar-refractivity contribution >= 4 is 44.1 Å². The number of hydrogen-bond acceptors (Lipinski definition) is 4. The van der Waals surface area contributed by atoms with Gasteiger partial charge < -0.3 is 4.42 Å². The Morgan fingerprint density at radius 2 is 1.79 bits per heavy atom. The molecule has 0 saturated heterocycles. The van der Waals surface area contributed by atoms with Crippen LogP contribution in [0.4, 0.5) is 5.13 Å². The van der Waals surface area contributed by atoms with Gasteiger partial charge in [-0.3, -0.25) is 10.1 Å². The van der Waals surface area contributed by atoms with Gasteiger partial charge in [0.15, 0.2) is 10.9 Å². The molecule has 2 aromatic heterocycles. The summed E-state index contributed by atoms with van der Waals surface area (Å²) in [5, 5.41) is 8.66. The molecule has 136 valence electrons. The number of benzene rings is 3. The molecule has 5 rings (SSSR count). The molecule has 5 heteroatoms. The fourth-order valence-corrected chi connectivity index (χ4v) is 4.07. The molecule has 0 radical (unpaired) electrons. The Morgan fingerprint density at radius 1 is 1.00 bits per heavy atom. The summed E-state index contributed by atoms with van der Waals surface area (Å²) in [5.41, 5.74) is 3.41. The average Bonchev–Trinajstić information content (AvgIpc) is 3.32. The van der Waals surface area contributed by atoms with Crippen molar-refractivity contribution in [1.82, 2.24) is 4.98 Å². The molecular weight excluding hydrogens is 368 g/mol. The first-order valence-corrected chi connectivity index (χ1v) is 9.81. The Morgan fingerprint density at radius 3 is 2.64 bits per heavy atom. The van der Waals surface area contributed by atoms with Crippen molar-refractivity contribution in [2.24, 2.45) is 0 Å². The lowest BCUT2D eigenvalue weighted by molar-refractivity contribution is 0.0998.